The van der Waals surface area contributed by atoms with Gasteiger partial charge in [0.25, 0.3) is 0 Å². The molecule has 2 aliphatic carbocycles. The average molecular weight is 370 g/mol. The van der Waals surface area contributed by atoms with Crippen molar-refractivity contribution in [2.75, 3.05) is 7.11 Å². The zero-order chi connectivity index (χ0) is 19.7. The molecule has 0 spiro atoms. The SMILES string of the molecule is COc1cccc2c1C(=O)c1c(O)c3c(c(O)c1C2=O)[C@@H](O)[C@](C)(O)CC3. The predicted octanol–water partition coefficient (Wildman–Crippen LogP) is 1.61. The molecule has 2 aliphatic rings. The molecule has 2 atom stereocenters. The summed E-state index contributed by atoms with van der Waals surface area (Å²) in [7, 11) is 1.37. The number of benzene rings is 2. The Labute approximate surface area is 154 Å². The number of carbonyl (C=O) groups is 2. The molecular weight excluding hydrogens is 352 g/mol. The number of methoxy groups -OCH3 is 1. The zero-order valence-corrected chi connectivity index (χ0v) is 14.7. The van der Waals surface area contributed by atoms with Crippen LogP contribution in [0.1, 0.15) is 62.4 Å². The summed E-state index contributed by atoms with van der Waals surface area (Å²) in [6.07, 6.45) is -1.26. The Hall–Kier alpha value is -2.90. The summed E-state index contributed by atoms with van der Waals surface area (Å²) in [6, 6.07) is 4.51. The van der Waals surface area contributed by atoms with Crippen LogP contribution in [0.3, 0.4) is 0 Å². The second-order valence-corrected chi connectivity index (χ2v) is 7.14. The van der Waals surface area contributed by atoms with Crippen molar-refractivity contribution in [3.8, 4) is 17.2 Å². The van der Waals surface area contributed by atoms with Crippen molar-refractivity contribution in [3.63, 3.8) is 0 Å². The number of phenolic OH excluding ortho intramolecular Hbond substituents is 2. The summed E-state index contributed by atoms with van der Waals surface area (Å²) in [5.74, 6) is -2.15. The van der Waals surface area contributed by atoms with Crippen LogP contribution in [0.4, 0.5) is 0 Å². The molecule has 0 radical (unpaired) electrons. The van der Waals surface area contributed by atoms with Crippen LogP contribution in [-0.4, -0.2) is 44.7 Å². The van der Waals surface area contributed by atoms with Crippen LogP contribution in [-0.2, 0) is 6.42 Å². The Morgan fingerprint density at radius 2 is 1.74 bits per heavy atom. The number of fused-ring (bicyclic) bond motifs is 3. The fourth-order valence-electron chi connectivity index (χ4n) is 3.99. The normalized spacial score (nSPS) is 23.5. The number of aliphatic hydroxyl groups is 2. The van der Waals surface area contributed by atoms with Crippen molar-refractivity contribution in [2.24, 2.45) is 0 Å². The molecule has 4 N–H and O–H groups in total. The number of ketones is 2. The van der Waals surface area contributed by atoms with Gasteiger partial charge in [0.1, 0.15) is 23.4 Å². The topological polar surface area (TPSA) is 124 Å². The lowest BCUT2D eigenvalue weighted by Crippen LogP contribution is -2.38. The molecule has 4 rings (SSSR count). The van der Waals surface area contributed by atoms with E-state index in [9.17, 15) is 30.0 Å². The highest BCUT2D eigenvalue weighted by atomic mass is 16.5. The van der Waals surface area contributed by atoms with Crippen molar-refractivity contribution < 1.29 is 34.8 Å². The summed E-state index contributed by atoms with van der Waals surface area (Å²) in [6.45, 7) is 1.41. The van der Waals surface area contributed by atoms with Crippen LogP contribution in [0.15, 0.2) is 18.2 Å². The minimum Gasteiger partial charge on any atom is -0.507 e. The molecule has 0 amide bonds. The van der Waals surface area contributed by atoms with Gasteiger partial charge in [-0.1, -0.05) is 12.1 Å². The highest BCUT2D eigenvalue weighted by molar-refractivity contribution is 6.31. The molecule has 0 heterocycles. The molecule has 2 aromatic carbocycles. The van der Waals surface area contributed by atoms with E-state index in [1.807, 2.05) is 0 Å². The Balaban J connectivity index is 2.07. The number of carbonyl (C=O) groups excluding carboxylic acids is 2. The Bertz CT molecular complexity index is 1020. The van der Waals surface area contributed by atoms with E-state index in [-0.39, 0.29) is 52.0 Å². The number of hydrogen-bond acceptors (Lipinski definition) is 7. The van der Waals surface area contributed by atoms with Gasteiger partial charge in [0.2, 0.25) is 5.78 Å². The molecule has 0 fully saturated rings. The number of ether oxygens (including phenoxy) is 1. The van der Waals surface area contributed by atoms with Gasteiger partial charge in [-0.25, -0.2) is 0 Å². The summed E-state index contributed by atoms with van der Waals surface area (Å²) in [5.41, 5.74) is -2.10. The average Bonchev–Trinajstić information content (AvgIpc) is 2.64. The van der Waals surface area contributed by atoms with Crippen LogP contribution in [0.25, 0.3) is 0 Å². The van der Waals surface area contributed by atoms with E-state index in [4.69, 9.17) is 4.74 Å². The van der Waals surface area contributed by atoms with Crippen molar-refractivity contribution >= 4 is 11.6 Å². The Kier molecular flexibility index (Phi) is 3.60. The molecule has 2 aromatic rings. The molecule has 140 valence electrons. The van der Waals surface area contributed by atoms with Gasteiger partial charge in [0.05, 0.1) is 29.4 Å². The molecule has 0 unspecified atom stereocenters. The van der Waals surface area contributed by atoms with Gasteiger partial charge in [0, 0.05) is 16.7 Å². The monoisotopic (exact) mass is 370 g/mol. The quantitative estimate of drug-likeness (QED) is 0.480. The number of rotatable bonds is 1. The van der Waals surface area contributed by atoms with Crippen molar-refractivity contribution in [1.29, 1.82) is 0 Å². The van der Waals surface area contributed by atoms with Crippen molar-refractivity contribution in [2.45, 2.75) is 31.5 Å². The van der Waals surface area contributed by atoms with Crippen LogP contribution in [0.5, 0.6) is 17.2 Å². The molecule has 27 heavy (non-hydrogen) atoms. The molecule has 0 aliphatic heterocycles. The summed E-state index contributed by atoms with van der Waals surface area (Å²) in [5, 5.41) is 42.3. The smallest absolute Gasteiger partial charge is 0.202 e. The van der Waals surface area contributed by atoms with Gasteiger partial charge in [-0.2, -0.15) is 0 Å². The maximum absolute atomic E-state index is 13.1. The summed E-state index contributed by atoms with van der Waals surface area (Å²) >= 11 is 0. The molecular formula is C20H18O7. The lowest BCUT2D eigenvalue weighted by atomic mass is 9.73. The fourth-order valence-corrected chi connectivity index (χ4v) is 3.99. The first-order valence-corrected chi connectivity index (χ1v) is 8.48. The van der Waals surface area contributed by atoms with Gasteiger partial charge in [-0.05, 0) is 25.8 Å². The van der Waals surface area contributed by atoms with E-state index in [1.54, 1.807) is 6.07 Å². The summed E-state index contributed by atoms with van der Waals surface area (Å²) in [4.78, 5) is 26.1. The lowest BCUT2D eigenvalue weighted by molar-refractivity contribution is -0.0763. The first-order valence-electron chi connectivity index (χ1n) is 8.48. The van der Waals surface area contributed by atoms with Crippen molar-refractivity contribution in [3.05, 3.63) is 51.6 Å². The van der Waals surface area contributed by atoms with Gasteiger partial charge >= 0.3 is 0 Å². The van der Waals surface area contributed by atoms with E-state index >= 15 is 0 Å². The maximum Gasteiger partial charge on any atom is 0.202 e. The molecule has 0 bridgehead atoms. The largest absolute Gasteiger partial charge is 0.507 e. The number of aliphatic hydroxyl groups excluding tert-OH is 1. The van der Waals surface area contributed by atoms with Crippen molar-refractivity contribution in [1.82, 2.24) is 0 Å². The van der Waals surface area contributed by atoms with E-state index in [2.05, 4.69) is 0 Å². The molecule has 7 heteroatoms. The van der Waals surface area contributed by atoms with Crippen LogP contribution in [0.2, 0.25) is 0 Å². The minimum atomic E-state index is -1.53. The molecule has 0 saturated carbocycles. The predicted molar refractivity (Wildman–Crippen MR) is 93.5 cm³/mol. The third kappa shape index (κ3) is 2.15. The number of hydrogen-bond donors (Lipinski definition) is 4. The number of aromatic hydroxyl groups is 2. The maximum atomic E-state index is 13.1. The van der Waals surface area contributed by atoms with E-state index in [0.717, 1.165) is 0 Å². The first kappa shape index (κ1) is 17.5. The van der Waals surface area contributed by atoms with Gasteiger partial charge in [0.15, 0.2) is 5.78 Å². The van der Waals surface area contributed by atoms with E-state index in [0.29, 0.717) is 0 Å². The van der Waals surface area contributed by atoms with Crippen LogP contribution in [0, 0.1) is 0 Å². The first-order chi connectivity index (χ1) is 12.7. The highest BCUT2D eigenvalue weighted by Gasteiger charge is 2.45. The molecule has 7 nitrogen and oxygen atoms in total. The Morgan fingerprint density at radius 3 is 2.41 bits per heavy atom. The molecule has 0 aromatic heterocycles. The van der Waals surface area contributed by atoms with E-state index < -0.39 is 34.8 Å². The van der Waals surface area contributed by atoms with Gasteiger partial charge < -0.3 is 25.2 Å². The third-order valence-electron chi connectivity index (χ3n) is 5.51. The second-order valence-electron chi connectivity index (χ2n) is 7.14. The lowest BCUT2D eigenvalue weighted by Gasteiger charge is -2.37. The summed E-state index contributed by atoms with van der Waals surface area (Å²) < 4.78 is 5.18. The van der Waals surface area contributed by atoms with Gasteiger partial charge in [-0.15, -0.1) is 0 Å². The fraction of sp³-hybridized carbons (Fsp3) is 0.300. The zero-order valence-electron chi connectivity index (χ0n) is 14.7. The Morgan fingerprint density at radius 1 is 1.07 bits per heavy atom. The van der Waals surface area contributed by atoms with E-state index in [1.165, 1.54) is 26.2 Å². The second kappa shape index (κ2) is 5.55. The number of phenols is 2. The third-order valence-corrected chi connectivity index (χ3v) is 5.51. The minimum absolute atomic E-state index is 0.0236. The standard InChI is InChI=1S/C20H18O7/c1-20(26)7-6-9-12(19(20)25)18(24)14-13(16(9)22)17(23)11-8(15(14)21)4-3-5-10(11)27-2/h3-5,19,22,24-26H,6-7H2,1-2H3/t19-,20-/m1/s1. The highest BCUT2D eigenvalue weighted by Crippen LogP contribution is 2.51. The van der Waals surface area contributed by atoms with Crippen LogP contribution >= 0.6 is 0 Å². The van der Waals surface area contributed by atoms with Gasteiger partial charge in [-0.3, -0.25) is 9.59 Å². The van der Waals surface area contributed by atoms with Crippen LogP contribution < -0.4 is 4.74 Å². The molecule has 0 saturated heterocycles.